The van der Waals surface area contributed by atoms with Gasteiger partial charge in [0, 0.05) is 6.42 Å². The average Bonchev–Trinajstić information content (AvgIpc) is 2.00. The van der Waals surface area contributed by atoms with Crippen molar-refractivity contribution in [3.05, 3.63) is 0 Å². The van der Waals surface area contributed by atoms with Crippen LogP contribution in [0.15, 0.2) is 0 Å². The van der Waals surface area contributed by atoms with Crippen LogP contribution in [0.1, 0.15) is 33.6 Å². The van der Waals surface area contributed by atoms with Crippen molar-refractivity contribution in [3.8, 4) is 0 Å². The number of carbonyl (C=O) groups is 1. The second-order valence-corrected chi connectivity index (χ2v) is 3.98. The van der Waals surface area contributed by atoms with E-state index < -0.39 is 11.6 Å². The fourth-order valence-electron chi connectivity index (χ4n) is 0.819. The van der Waals surface area contributed by atoms with E-state index in [-0.39, 0.29) is 12.5 Å². The van der Waals surface area contributed by atoms with Gasteiger partial charge >= 0.3 is 0 Å². The van der Waals surface area contributed by atoms with E-state index in [1.165, 1.54) is 0 Å². The number of amides is 1. The number of aliphatic hydroxyl groups excluding tert-OH is 2. The van der Waals surface area contributed by atoms with Crippen molar-refractivity contribution in [1.29, 1.82) is 0 Å². The fraction of sp³-hybridized carbons (Fsp3) is 0.889. The Morgan fingerprint density at radius 1 is 1.54 bits per heavy atom. The lowest BCUT2D eigenvalue weighted by molar-refractivity contribution is -0.123. The molecule has 0 radical (unpaired) electrons. The highest BCUT2D eigenvalue weighted by Crippen LogP contribution is 2.02. The van der Waals surface area contributed by atoms with Gasteiger partial charge in [0.1, 0.15) is 0 Å². The van der Waals surface area contributed by atoms with E-state index in [2.05, 4.69) is 5.32 Å². The summed E-state index contributed by atoms with van der Waals surface area (Å²) in [6, 6.07) is 0. The molecule has 0 aliphatic carbocycles. The number of hydrogen-bond donors (Lipinski definition) is 3. The molecule has 0 heterocycles. The third-order valence-electron chi connectivity index (χ3n) is 1.66. The van der Waals surface area contributed by atoms with Crippen molar-refractivity contribution in [2.75, 3.05) is 6.61 Å². The van der Waals surface area contributed by atoms with Crippen molar-refractivity contribution < 1.29 is 15.0 Å². The van der Waals surface area contributed by atoms with Gasteiger partial charge in [-0.25, -0.2) is 0 Å². The van der Waals surface area contributed by atoms with Crippen LogP contribution in [0.5, 0.6) is 0 Å². The van der Waals surface area contributed by atoms with E-state index >= 15 is 0 Å². The van der Waals surface area contributed by atoms with Crippen LogP contribution in [0.2, 0.25) is 0 Å². The van der Waals surface area contributed by atoms with E-state index in [1.807, 2.05) is 0 Å². The Kier molecular flexibility index (Phi) is 4.95. The largest absolute Gasteiger partial charge is 0.394 e. The standard InChI is InChI=1S/C9H19NO3/c1-7(12)4-5-8(13)10-9(2,3)6-11/h7,11-12H,4-6H2,1-3H3,(H,10,13). The van der Waals surface area contributed by atoms with Gasteiger partial charge in [-0.05, 0) is 27.2 Å². The normalized spacial score (nSPS) is 13.9. The zero-order chi connectivity index (χ0) is 10.5. The molecule has 0 rings (SSSR count). The molecule has 3 N–H and O–H groups in total. The Bertz CT molecular complexity index is 166. The number of carbonyl (C=O) groups excluding carboxylic acids is 1. The van der Waals surface area contributed by atoms with Gasteiger partial charge in [-0.2, -0.15) is 0 Å². The smallest absolute Gasteiger partial charge is 0.220 e. The first-order valence-corrected chi connectivity index (χ1v) is 4.47. The highest BCUT2D eigenvalue weighted by Gasteiger charge is 2.18. The van der Waals surface area contributed by atoms with Crippen LogP contribution in [0, 0.1) is 0 Å². The molecule has 4 nitrogen and oxygen atoms in total. The molecule has 1 unspecified atom stereocenters. The van der Waals surface area contributed by atoms with Crippen molar-refractivity contribution in [2.45, 2.75) is 45.3 Å². The minimum absolute atomic E-state index is 0.0899. The summed E-state index contributed by atoms with van der Waals surface area (Å²) in [5, 5.41) is 20.4. The van der Waals surface area contributed by atoms with Gasteiger partial charge in [0.15, 0.2) is 0 Å². The molecular weight excluding hydrogens is 170 g/mol. The number of aliphatic hydroxyl groups is 2. The molecule has 13 heavy (non-hydrogen) atoms. The van der Waals surface area contributed by atoms with E-state index in [4.69, 9.17) is 10.2 Å². The van der Waals surface area contributed by atoms with Gasteiger partial charge in [-0.3, -0.25) is 4.79 Å². The summed E-state index contributed by atoms with van der Waals surface area (Å²) in [4.78, 5) is 11.2. The lowest BCUT2D eigenvalue weighted by Gasteiger charge is -2.23. The topological polar surface area (TPSA) is 69.6 Å². The summed E-state index contributed by atoms with van der Waals surface area (Å²) in [7, 11) is 0. The summed E-state index contributed by atoms with van der Waals surface area (Å²) >= 11 is 0. The van der Waals surface area contributed by atoms with Crippen LogP contribution in [0.3, 0.4) is 0 Å². The Labute approximate surface area is 79.0 Å². The van der Waals surface area contributed by atoms with Gasteiger partial charge in [0.2, 0.25) is 5.91 Å². The van der Waals surface area contributed by atoms with Gasteiger partial charge in [0.25, 0.3) is 0 Å². The summed E-state index contributed by atoms with van der Waals surface area (Å²) in [5.74, 6) is -0.139. The van der Waals surface area contributed by atoms with Crippen molar-refractivity contribution in [1.82, 2.24) is 5.32 Å². The van der Waals surface area contributed by atoms with E-state index in [9.17, 15) is 4.79 Å². The van der Waals surface area contributed by atoms with Crippen LogP contribution in [0.4, 0.5) is 0 Å². The molecule has 0 saturated heterocycles. The van der Waals surface area contributed by atoms with E-state index in [0.29, 0.717) is 12.8 Å². The van der Waals surface area contributed by atoms with Crippen LogP contribution in [0.25, 0.3) is 0 Å². The minimum atomic E-state index is -0.574. The molecule has 0 aromatic carbocycles. The van der Waals surface area contributed by atoms with Crippen LogP contribution < -0.4 is 5.32 Å². The lowest BCUT2D eigenvalue weighted by atomic mass is 10.1. The quantitative estimate of drug-likeness (QED) is 0.571. The number of hydrogen-bond acceptors (Lipinski definition) is 3. The molecule has 0 aliphatic rings. The van der Waals surface area contributed by atoms with Gasteiger partial charge < -0.3 is 15.5 Å². The maximum Gasteiger partial charge on any atom is 0.220 e. The van der Waals surface area contributed by atoms with Gasteiger partial charge in [-0.1, -0.05) is 0 Å². The van der Waals surface area contributed by atoms with Crippen molar-refractivity contribution in [2.24, 2.45) is 0 Å². The molecular formula is C9H19NO3. The monoisotopic (exact) mass is 189 g/mol. The van der Waals surface area contributed by atoms with Gasteiger partial charge in [0.05, 0.1) is 18.2 Å². The first kappa shape index (κ1) is 12.4. The van der Waals surface area contributed by atoms with Gasteiger partial charge in [-0.15, -0.1) is 0 Å². The molecule has 0 aliphatic heterocycles. The first-order chi connectivity index (χ1) is 5.87. The lowest BCUT2D eigenvalue weighted by Crippen LogP contribution is -2.46. The second-order valence-electron chi connectivity index (χ2n) is 3.98. The minimum Gasteiger partial charge on any atom is -0.394 e. The number of rotatable bonds is 5. The number of nitrogens with one attached hydrogen (secondary N) is 1. The Morgan fingerprint density at radius 2 is 2.08 bits per heavy atom. The van der Waals surface area contributed by atoms with Crippen LogP contribution in [-0.2, 0) is 4.79 Å². The predicted molar refractivity (Wildman–Crippen MR) is 50.2 cm³/mol. The molecule has 0 spiro atoms. The molecule has 0 fully saturated rings. The third kappa shape index (κ3) is 6.54. The summed E-state index contributed by atoms with van der Waals surface area (Å²) < 4.78 is 0. The van der Waals surface area contributed by atoms with Crippen molar-refractivity contribution in [3.63, 3.8) is 0 Å². The average molecular weight is 189 g/mol. The Morgan fingerprint density at radius 3 is 2.46 bits per heavy atom. The molecule has 0 bridgehead atoms. The maximum absolute atomic E-state index is 11.2. The molecule has 0 aromatic heterocycles. The maximum atomic E-state index is 11.2. The van der Waals surface area contributed by atoms with E-state index in [0.717, 1.165) is 0 Å². The fourth-order valence-corrected chi connectivity index (χ4v) is 0.819. The zero-order valence-corrected chi connectivity index (χ0v) is 8.50. The summed E-state index contributed by atoms with van der Waals surface area (Å²) in [6.07, 6.45) is 0.289. The third-order valence-corrected chi connectivity index (χ3v) is 1.66. The first-order valence-electron chi connectivity index (χ1n) is 4.47. The Hall–Kier alpha value is -0.610. The SMILES string of the molecule is CC(O)CCC(=O)NC(C)(C)CO. The zero-order valence-electron chi connectivity index (χ0n) is 8.50. The Balaban J connectivity index is 3.74. The highest BCUT2D eigenvalue weighted by atomic mass is 16.3. The van der Waals surface area contributed by atoms with Crippen LogP contribution in [-0.4, -0.2) is 34.4 Å². The predicted octanol–water partition coefficient (Wildman–Crippen LogP) is 0.0345. The van der Waals surface area contributed by atoms with E-state index in [1.54, 1.807) is 20.8 Å². The highest BCUT2D eigenvalue weighted by molar-refractivity contribution is 5.76. The summed E-state index contributed by atoms with van der Waals surface area (Å²) in [5.41, 5.74) is -0.574. The molecule has 0 saturated carbocycles. The molecule has 4 heteroatoms. The second kappa shape index (κ2) is 5.19. The molecule has 1 atom stereocenters. The molecule has 0 aromatic rings. The van der Waals surface area contributed by atoms with Crippen LogP contribution >= 0.6 is 0 Å². The summed E-state index contributed by atoms with van der Waals surface area (Å²) in [6.45, 7) is 5.04. The van der Waals surface area contributed by atoms with Crippen molar-refractivity contribution >= 4 is 5.91 Å². The molecule has 78 valence electrons. The molecule has 1 amide bonds.